The lowest BCUT2D eigenvalue weighted by Gasteiger charge is -2.12. The molecule has 3 N–H and O–H groups in total. The van der Waals surface area contributed by atoms with Gasteiger partial charge < -0.3 is 15.4 Å². The fourth-order valence-corrected chi connectivity index (χ4v) is 3.11. The third-order valence-electron chi connectivity index (χ3n) is 4.86. The SMILES string of the molecule is Cc1cccc(NC(=O)C(=O)N/N=C\c2ccc(OCC(=O)Nc3c(C)cccc3C)cc2)c1. The zero-order chi connectivity index (χ0) is 24.5. The predicted molar refractivity (Wildman–Crippen MR) is 132 cm³/mol. The lowest BCUT2D eigenvalue weighted by molar-refractivity contribution is -0.136. The van der Waals surface area contributed by atoms with Crippen LogP contribution in [-0.2, 0) is 14.4 Å². The molecule has 8 heteroatoms. The topological polar surface area (TPSA) is 109 Å². The molecule has 0 aliphatic rings. The van der Waals surface area contributed by atoms with Gasteiger partial charge in [0.25, 0.3) is 5.91 Å². The van der Waals surface area contributed by atoms with Gasteiger partial charge >= 0.3 is 11.8 Å². The smallest absolute Gasteiger partial charge is 0.329 e. The van der Waals surface area contributed by atoms with E-state index in [1.165, 1.54) is 6.21 Å². The molecule has 0 aliphatic carbocycles. The van der Waals surface area contributed by atoms with Gasteiger partial charge in [-0.2, -0.15) is 5.10 Å². The maximum absolute atomic E-state index is 12.2. The first kappa shape index (κ1) is 24.2. The molecular formula is C26H26N4O4. The van der Waals surface area contributed by atoms with Gasteiger partial charge in [-0.1, -0.05) is 30.3 Å². The van der Waals surface area contributed by atoms with E-state index in [2.05, 4.69) is 21.2 Å². The highest BCUT2D eigenvalue weighted by Gasteiger charge is 2.13. The second kappa shape index (κ2) is 11.4. The molecule has 3 aromatic carbocycles. The van der Waals surface area contributed by atoms with E-state index in [0.717, 1.165) is 22.4 Å². The summed E-state index contributed by atoms with van der Waals surface area (Å²) in [6.07, 6.45) is 1.40. The van der Waals surface area contributed by atoms with E-state index in [-0.39, 0.29) is 12.5 Å². The number of hydrazone groups is 1. The minimum Gasteiger partial charge on any atom is -0.484 e. The Morgan fingerprint density at radius 3 is 2.21 bits per heavy atom. The van der Waals surface area contributed by atoms with Gasteiger partial charge in [-0.05, 0) is 79.4 Å². The Morgan fingerprint density at radius 1 is 0.853 bits per heavy atom. The zero-order valence-electron chi connectivity index (χ0n) is 19.2. The molecule has 0 aliphatic heterocycles. The summed E-state index contributed by atoms with van der Waals surface area (Å²) in [5.74, 6) is -1.44. The molecule has 8 nitrogen and oxygen atoms in total. The number of hydrogen-bond donors (Lipinski definition) is 3. The standard InChI is InChI=1S/C26H26N4O4/c1-17-6-4-9-21(14-17)28-25(32)26(33)30-27-15-20-10-12-22(13-11-20)34-16-23(31)29-24-18(2)7-5-8-19(24)3/h4-15H,16H2,1-3H3,(H,28,32)(H,29,31)(H,30,33)/b27-15-. The number of rotatable bonds is 7. The van der Waals surface area contributed by atoms with Crippen LogP contribution in [0, 0.1) is 20.8 Å². The van der Waals surface area contributed by atoms with Gasteiger partial charge in [0, 0.05) is 11.4 Å². The first-order valence-corrected chi connectivity index (χ1v) is 10.6. The van der Waals surface area contributed by atoms with Crippen molar-refractivity contribution in [1.82, 2.24) is 5.43 Å². The molecule has 34 heavy (non-hydrogen) atoms. The maximum Gasteiger partial charge on any atom is 0.329 e. The summed E-state index contributed by atoms with van der Waals surface area (Å²) in [6, 6.07) is 19.7. The molecule has 3 aromatic rings. The molecule has 3 amide bonds. The minimum atomic E-state index is -0.882. The van der Waals surface area contributed by atoms with Crippen molar-refractivity contribution in [2.45, 2.75) is 20.8 Å². The molecule has 0 unspecified atom stereocenters. The summed E-state index contributed by atoms with van der Waals surface area (Å²) < 4.78 is 5.53. The number of para-hydroxylation sites is 1. The number of anilines is 2. The molecule has 0 spiro atoms. The number of hydrogen-bond acceptors (Lipinski definition) is 5. The Kier molecular flexibility index (Phi) is 8.12. The predicted octanol–water partition coefficient (Wildman–Crippen LogP) is 3.72. The molecular weight excluding hydrogens is 432 g/mol. The summed E-state index contributed by atoms with van der Waals surface area (Å²) in [5.41, 5.74) is 7.11. The van der Waals surface area contributed by atoms with Crippen LogP contribution in [0.25, 0.3) is 0 Å². The highest BCUT2D eigenvalue weighted by atomic mass is 16.5. The highest BCUT2D eigenvalue weighted by Crippen LogP contribution is 2.19. The first-order valence-electron chi connectivity index (χ1n) is 10.6. The number of carbonyl (C=O) groups is 3. The Balaban J connectivity index is 1.45. The van der Waals surface area contributed by atoms with Crippen molar-refractivity contribution >= 4 is 35.3 Å². The monoisotopic (exact) mass is 458 g/mol. The quantitative estimate of drug-likeness (QED) is 0.285. The molecule has 0 bridgehead atoms. The van der Waals surface area contributed by atoms with Gasteiger partial charge in [0.05, 0.1) is 6.21 Å². The van der Waals surface area contributed by atoms with Crippen molar-refractivity contribution in [2.24, 2.45) is 5.10 Å². The number of aryl methyl sites for hydroxylation is 3. The largest absolute Gasteiger partial charge is 0.484 e. The fourth-order valence-electron chi connectivity index (χ4n) is 3.11. The van der Waals surface area contributed by atoms with Crippen molar-refractivity contribution in [1.29, 1.82) is 0 Å². The lowest BCUT2D eigenvalue weighted by atomic mass is 10.1. The van der Waals surface area contributed by atoms with Crippen molar-refractivity contribution in [3.63, 3.8) is 0 Å². The fraction of sp³-hybridized carbons (Fsp3) is 0.154. The van der Waals surface area contributed by atoms with Crippen molar-refractivity contribution < 1.29 is 19.1 Å². The third kappa shape index (κ3) is 7.03. The molecule has 0 saturated heterocycles. The summed E-state index contributed by atoms with van der Waals surface area (Å²) in [6.45, 7) is 5.62. The van der Waals surface area contributed by atoms with Crippen LogP contribution in [0.4, 0.5) is 11.4 Å². The Bertz CT molecular complexity index is 1200. The van der Waals surface area contributed by atoms with Crippen LogP contribution in [0.1, 0.15) is 22.3 Å². The summed E-state index contributed by atoms with van der Waals surface area (Å²) in [5, 5.41) is 9.18. The summed E-state index contributed by atoms with van der Waals surface area (Å²) in [4.78, 5) is 36.1. The molecule has 0 atom stereocenters. The van der Waals surface area contributed by atoms with Crippen LogP contribution >= 0.6 is 0 Å². The molecule has 0 heterocycles. The van der Waals surface area contributed by atoms with E-state index in [4.69, 9.17) is 4.74 Å². The van der Waals surface area contributed by atoms with Gasteiger partial charge in [0.15, 0.2) is 6.61 Å². The van der Waals surface area contributed by atoms with Crippen LogP contribution in [0.2, 0.25) is 0 Å². The molecule has 0 radical (unpaired) electrons. The van der Waals surface area contributed by atoms with Crippen molar-refractivity contribution in [3.8, 4) is 5.75 Å². The average Bonchev–Trinajstić information content (AvgIpc) is 2.81. The zero-order valence-corrected chi connectivity index (χ0v) is 19.2. The van der Waals surface area contributed by atoms with Crippen LogP contribution < -0.4 is 20.8 Å². The second-order valence-corrected chi connectivity index (χ2v) is 7.70. The van der Waals surface area contributed by atoms with E-state index in [1.807, 2.05) is 45.0 Å². The van der Waals surface area contributed by atoms with E-state index in [9.17, 15) is 14.4 Å². The maximum atomic E-state index is 12.2. The highest BCUT2D eigenvalue weighted by molar-refractivity contribution is 6.39. The Labute approximate surface area is 198 Å². The van der Waals surface area contributed by atoms with E-state index in [1.54, 1.807) is 42.5 Å². The summed E-state index contributed by atoms with van der Waals surface area (Å²) >= 11 is 0. The van der Waals surface area contributed by atoms with Crippen LogP contribution in [0.15, 0.2) is 71.8 Å². The number of carbonyl (C=O) groups excluding carboxylic acids is 3. The van der Waals surface area contributed by atoms with E-state index in [0.29, 0.717) is 17.0 Å². The van der Waals surface area contributed by atoms with Crippen molar-refractivity contribution in [3.05, 3.63) is 89.0 Å². The molecule has 3 rings (SSSR count). The van der Waals surface area contributed by atoms with Crippen LogP contribution in [0.5, 0.6) is 5.75 Å². The molecule has 0 aromatic heterocycles. The van der Waals surface area contributed by atoms with Gasteiger partial charge in [0.2, 0.25) is 0 Å². The van der Waals surface area contributed by atoms with Gasteiger partial charge in [-0.15, -0.1) is 0 Å². The van der Waals surface area contributed by atoms with E-state index >= 15 is 0 Å². The number of benzene rings is 3. The second-order valence-electron chi connectivity index (χ2n) is 7.70. The number of nitrogens with zero attached hydrogens (tertiary/aromatic N) is 1. The van der Waals surface area contributed by atoms with Crippen LogP contribution in [0.3, 0.4) is 0 Å². The molecule has 174 valence electrons. The van der Waals surface area contributed by atoms with Crippen molar-refractivity contribution in [2.75, 3.05) is 17.2 Å². The molecule has 0 saturated carbocycles. The third-order valence-corrected chi connectivity index (χ3v) is 4.86. The number of amides is 3. The van der Waals surface area contributed by atoms with Gasteiger partial charge in [0.1, 0.15) is 5.75 Å². The number of ether oxygens (including phenoxy) is 1. The summed E-state index contributed by atoms with van der Waals surface area (Å²) in [7, 11) is 0. The number of nitrogens with one attached hydrogen (secondary N) is 3. The average molecular weight is 459 g/mol. The minimum absolute atomic E-state index is 0.132. The normalized spacial score (nSPS) is 10.6. The van der Waals surface area contributed by atoms with E-state index < -0.39 is 11.8 Å². The first-order chi connectivity index (χ1) is 16.3. The van der Waals surface area contributed by atoms with Gasteiger partial charge in [-0.25, -0.2) is 5.43 Å². The van der Waals surface area contributed by atoms with Crippen LogP contribution in [-0.4, -0.2) is 30.5 Å². The molecule has 0 fully saturated rings. The lowest BCUT2D eigenvalue weighted by Crippen LogP contribution is -2.32. The Hall–Kier alpha value is -4.46. The Morgan fingerprint density at radius 2 is 1.53 bits per heavy atom. The van der Waals surface area contributed by atoms with Gasteiger partial charge in [-0.3, -0.25) is 14.4 Å².